The van der Waals surface area contributed by atoms with E-state index in [4.69, 9.17) is 5.73 Å². The van der Waals surface area contributed by atoms with Crippen LogP contribution in [0.15, 0.2) is 51.8 Å². The Morgan fingerprint density at radius 3 is 2.54 bits per heavy atom. The largest absolute Gasteiger partial charge is 0.368 e. The van der Waals surface area contributed by atoms with Gasteiger partial charge in [0.05, 0.1) is 0 Å². The van der Waals surface area contributed by atoms with E-state index in [9.17, 15) is 17.6 Å². The van der Waals surface area contributed by atoms with Crippen LogP contribution in [0.4, 0.5) is 4.39 Å². The monoisotopic (exact) mass is 412 g/mol. The molecule has 0 saturated carbocycles. The van der Waals surface area contributed by atoms with Gasteiger partial charge in [-0.1, -0.05) is 40.2 Å². The average molecular weight is 413 g/mol. The number of primary amides is 1. The van der Waals surface area contributed by atoms with Gasteiger partial charge in [0.15, 0.2) is 0 Å². The van der Waals surface area contributed by atoms with Crippen molar-refractivity contribution in [1.82, 2.24) is 4.31 Å². The number of fused-ring (bicyclic) bond motifs is 1. The third-order valence-electron chi connectivity index (χ3n) is 4.01. The maximum atomic E-state index is 14.1. The van der Waals surface area contributed by atoms with Gasteiger partial charge in [0, 0.05) is 11.0 Å². The van der Waals surface area contributed by atoms with Crippen molar-refractivity contribution in [3.05, 3.63) is 63.9 Å². The lowest BCUT2D eigenvalue weighted by molar-refractivity contribution is -0.122. The van der Waals surface area contributed by atoms with Crippen molar-refractivity contribution >= 4 is 31.9 Å². The number of nitrogens with zero attached hydrogens (tertiary/aromatic N) is 1. The molecule has 1 heterocycles. The smallest absolute Gasteiger partial charge is 0.247 e. The first-order chi connectivity index (χ1) is 11.3. The van der Waals surface area contributed by atoms with Gasteiger partial charge in [-0.05, 0) is 35.7 Å². The molecule has 0 bridgehead atoms. The molecule has 0 saturated heterocycles. The molecular formula is C16H14BrFN2O3S. The molecule has 0 aliphatic carbocycles. The van der Waals surface area contributed by atoms with Crippen LogP contribution in [0.25, 0.3) is 0 Å². The first-order valence-corrected chi connectivity index (χ1v) is 9.37. The van der Waals surface area contributed by atoms with Gasteiger partial charge in [0.1, 0.15) is 16.8 Å². The first kappa shape index (κ1) is 17.1. The molecule has 1 aliphatic heterocycles. The summed E-state index contributed by atoms with van der Waals surface area (Å²) < 4.78 is 41.4. The van der Waals surface area contributed by atoms with Crippen molar-refractivity contribution in [2.75, 3.05) is 0 Å². The zero-order valence-electron chi connectivity index (χ0n) is 12.4. The van der Waals surface area contributed by atoms with Gasteiger partial charge < -0.3 is 5.73 Å². The molecule has 1 amide bonds. The lowest BCUT2D eigenvalue weighted by Gasteiger charge is -2.34. The van der Waals surface area contributed by atoms with E-state index in [1.165, 1.54) is 12.1 Å². The summed E-state index contributed by atoms with van der Waals surface area (Å²) in [7, 11) is -4.22. The Kier molecular flexibility index (Phi) is 4.46. The van der Waals surface area contributed by atoms with Gasteiger partial charge in [-0.3, -0.25) is 4.79 Å². The van der Waals surface area contributed by atoms with E-state index in [-0.39, 0.29) is 13.0 Å². The van der Waals surface area contributed by atoms with Gasteiger partial charge in [0.25, 0.3) is 0 Å². The standard InChI is InChI=1S/C16H14BrFN2O3S/c17-12-5-6-13(18)15(8-12)24(22,23)20-9-11-4-2-1-3-10(11)7-14(20)16(19)21/h1-6,8,14H,7,9H2,(H2,19,21)/t14-/m0/s1. The van der Waals surface area contributed by atoms with E-state index >= 15 is 0 Å². The number of amides is 1. The third-order valence-corrected chi connectivity index (χ3v) is 6.38. The minimum absolute atomic E-state index is 0.0297. The molecule has 2 N–H and O–H groups in total. The Morgan fingerprint density at radius 1 is 1.21 bits per heavy atom. The molecule has 2 aromatic rings. The molecule has 1 aliphatic rings. The fourth-order valence-corrected chi connectivity index (χ4v) is 4.97. The van der Waals surface area contributed by atoms with E-state index < -0.39 is 32.7 Å². The molecule has 0 aromatic heterocycles. The van der Waals surface area contributed by atoms with Gasteiger partial charge in [-0.15, -0.1) is 0 Å². The van der Waals surface area contributed by atoms with Gasteiger partial charge in [-0.25, -0.2) is 12.8 Å². The normalized spacial score (nSPS) is 18.2. The van der Waals surface area contributed by atoms with Crippen LogP contribution >= 0.6 is 15.9 Å². The third kappa shape index (κ3) is 2.97. The second-order valence-corrected chi connectivity index (χ2v) is 8.29. The summed E-state index contributed by atoms with van der Waals surface area (Å²) in [6, 6.07) is 9.82. The molecule has 0 radical (unpaired) electrons. The Labute approximate surface area is 147 Å². The molecule has 3 rings (SSSR count). The second kappa shape index (κ2) is 6.27. The zero-order valence-corrected chi connectivity index (χ0v) is 14.8. The lowest BCUT2D eigenvalue weighted by Crippen LogP contribution is -2.51. The zero-order chi connectivity index (χ0) is 17.5. The van der Waals surface area contributed by atoms with Crippen molar-refractivity contribution in [1.29, 1.82) is 0 Å². The topological polar surface area (TPSA) is 80.5 Å². The Bertz CT molecular complexity index is 917. The highest BCUT2D eigenvalue weighted by atomic mass is 79.9. The number of hydrogen-bond donors (Lipinski definition) is 1. The van der Waals surface area contributed by atoms with E-state index in [0.717, 1.165) is 21.5 Å². The molecule has 24 heavy (non-hydrogen) atoms. The molecule has 0 fully saturated rings. The predicted molar refractivity (Wildman–Crippen MR) is 90.0 cm³/mol. The van der Waals surface area contributed by atoms with Crippen LogP contribution in [-0.2, 0) is 27.8 Å². The maximum Gasteiger partial charge on any atom is 0.247 e. The van der Waals surface area contributed by atoms with E-state index in [2.05, 4.69) is 15.9 Å². The summed E-state index contributed by atoms with van der Waals surface area (Å²) in [4.78, 5) is 11.3. The summed E-state index contributed by atoms with van der Waals surface area (Å²) in [5.74, 6) is -1.64. The molecule has 0 unspecified atom stereocenters. The summed E-state index contributed by atoms with van der Waals surface area (Å²) in [5, 5.41) is 0. The number of rotatable bonds is 3. The number of hydrogen-bond acceptors (Lipinski definition) is 3. The number of halogens is 2. The summed E-state index contributed by atoms with van der Waals surface area (Å²) in [6.45, 7) is -0.0297. The second-order valence-electron chi connectivity index (χ2n) is 5.52. The highest BCUT2D eigenvalue weighted by Gasteiger charge is 2.39. The van der Waals surface area contributed by atoms with Crippen LogP contribution < -0.4 is 5.73 Å². The highest BCUT2D eigenvalue weighted by Crippen LogP contribution is 2.31. The Morgan fingerprint density at radius 2 is 1.88 bits per heavy atom. The molecule has 0 spiro atoms. The van der Waals surface area contributed by atoms with Gasteiger partial charge in [-0.2, -0.15) is 4.31 Å². The molecular weight excluding hydrogens is 399 g/mol. The summed E-state index contributed by atoms with van der Waals surface area (Å²) in [6.07, 6.45) is 0.167. The van der Waals surface area contributed by atoms with Crippen LogP contribution in [0, 0.1) is 5.82 Å². The number of carbonyl (C=O) groups is 1. The fourth-order valence-electron chi connectivity index (χ4n) is 2.80. The number of nitrogens with two attached hydrogens (primary N) is 1. The minimum Gasteiger partial charge on any atom is -0.368 e. The molecule has 2 aromatic carbocycles. The average Bonchev–Trinajstić information content (AvgIpc) is 2.55. The molecule has 5 nitrogen and oxygen atoms in total. The van der Waals surface area contributed by atoms with Crippen molar-refractivity contribution < 1.29 is 17.6 Å². The van der Waals surface area contributed by atoms with E-state index in [1.54, 1.807) is 12.1 Å². The fraction of sp³-hybridized carbons (Fsp3) is 0.188. The van der Waals surface area contributed by atoms with Crippen molar-refractivity contribution in [2.45, 2.75) is 23.9 Å². The van der Waals surface area contributed by atoms with Crippen LogP contribution in [0.3, 0.4) is 0 Å². The van der Waals surface area contributed by atoms with Crippen LogP contribution in [0.5, 0.6) is 0 Å². The van der Waals surface area contributed by atoms with Gasteiger partial charge >= 0.3 is 0 Å². The number of benzene rings is 2. The first-order valence-electron chi connectivity index (χ1n) is 7.13. The number of carbonyl (C=O) groups excluding carboxylic acids is 1. The highest BCUT2D eigenvalue weighted by molar-refractivity contribution is 9.10. The Hall–Kier alpha value is -1.77. The predicted octanol–water partition coefficient (Wildman–Crippen LogP) is 2.19. The van der Waals surface area contributed by atoms with Crippen LogP contribution in [0.2, 0.25) is 0 Å². The molecule has 8 heteroatoms. The van der Waals surface area contributed by atoms with Gasteiger partial charge in [0.2, 0.25) is 15.9 Å². The molecule has 126 valence electrons. The van der Waals surface area contributed by atoms with Crippen molar-refractivity contribution in [3.63, 3.8) is 0 Å². The summed E-state index contributed by atoms with van der Waals surface area (Å²) in [5.41, 5.74) is 7.04. The summed E-state index contributed by atoms with van der Waals surface area (Å²) >= 11 is 3.14. The lowest BCUT2D eigenvalue weighted by atomic mass is 9.96. The SMILES string of the molecule is NC(=O)[C@@H]1Cc2ccccc2CN1S(=O)(=O)c1cc(Br)ccc1F. The van der Waals surface area contributed by atoms with Crippen LogP contribution in [-0.4, -0.2) is 24.7 Å². The van der Waals surface area contributed by atoms with Crippen molar-refractivity contribution in [3.8, 4) is 0 Å². The van der Waals surface area contributed by atoms with Crippen LogP contribution in [0.1, 0.15) is 11.1 Å². The number of sulfonamides is 1. The quantitative estimate of drug-likeness (QED) is 0.838. The minimum atomic E-state index is -4.22. The molecule has 1 atom stereocenters. The van der Waals surface area contributed by atoms with Crippen molar-refractivity contribution in [2.24, 2.45) is 5.73 Å². The van der Waals surface area contributed by atoms with E-state index in [1.807, 2.05) is 12.1 Å². The Balaban J connectivity index is 2.11. The maximum absolute atomic E-state index is 14.1. The van der Waals surface area contributed by atoms with E-state index in [0.29, 0.717) is 4.47 Å².